The largest absolute Gasteiger partial charge is 0.494 e. The zero-order valence-corrected chi connectivity index (χ0v) is 19.9. The van der Waals surface area contributed by atoms with Crippen molar-refractivity contribution in [1.29, 1.82) is 0 Å². The van der Waals surface area contributed by atoms with Gasteiger partial charge in [0.15, 0.2) is 0 Å². The summed E-state index contributed by atoms with van der Waals surface area (Å²) in [5.41, 5.74) is 5.99. The van der Waals surface area contributed by atoms with Crippen LogP contribution >= 0.6 is 0 Å². The number of nitrogens with zero attached hydrogens (tertiary/aromatic N) is 2. The fraction of sp³-hybridized carbons (Fsp3) is 0.207. The number of aromatic nitrogens is 2. The summed E-state index contributed by atoms with van der Waals surface area (Å²) in [7, 11) is -0.390. The van der Waals surface area contributed by atoms with E-state index in [1.54, 1.807) is 6.20 Å². The van der Waals surface area contributed by atoms with Crippen LogP contribution in [0.5, 0.6) is 0 Å². The molecule has 0 unspecified atom stereocenters. The highest BCUT2D eigenvalue weighted by Crippen LogP contribution is 2.38. The third-order valence-corrected chi connectivity index (χ3v) is 7.32. The summed E-state index contributed by atoms with van der Waals surface area (Å²) < 4.78 is 15.0. The first-order chi connectivity index (χ1) is 16.3. The first-order valence-corrected chi connectivity index (χ1v) is 11.7. The molecule has 0 N–H and O–H groups in total. The van der Waals surface area contributed by atoms with E-state index in [-0.39, 0.29) is 18.3 Å². The Kier molecular flexibility index (Phi) is 4.70. The predicted octanol–water partition coefficient (Wildman–Crippen LogP) is 6.14. The van der Waals surface area contributed by atoms with Gasteiger partial charge in [-0.1, -0.05) is 48.5 Å². The standard InChI is InChI=1S/C29H27BN2O2/c1-28(2)29(3,4)34-30(33-28)22-13-15-26-25(18-22)24-14-12-20(21-9-8-16-31-19-21)17-27(24)32(26)23-10-6-5-7-11-23/h5-19H,1-4H3. The highest BCUT2D eigenvalue weighted by atomic mass is 16.7. The van der Waals surface area contributed by atoms with Crippen LogP contribution in [-0.4, -0.2) is 27.9 Å². The van der Waals surface area contributed by atoms with Crippen LogP contribution in [0.4, 0.5) is 0 Å². The van der Waals surface area contributed by atoms with Crippen LogP contribution in [0.2, 0.25) is 0 Å². The van der Waals surface area contributed by atoms with Crippen molar-refractivity contribution in [2.24, 2.45) is 0 Å². The monoisotopic (exact) mass is 446 g/mol. The van der Waals surface area contributed by atoms with Gasteiger partial charge < -0.3 is 13.9 Å². The first kappa shape index (κ1) is 21.1. The van der Waals surface area contributed by atoms with Gasteiger partial charge in [0.05, 0.1) is 22.2 Å². The molecule has 6 rings (SSSR count). The Balaban J connectivity index is 1.57. The number of rotatable bonds is 3. The smallest absolute Gasteiger partial charge is 0.399 e. The van der Waals surface area contributed by atoms with Gasteiger partial charge in [-0.2, -0.15) is 0 Å². The molecule has 1 fully saturated rings. The molecule has 168 valence electrons. The van der Waals surface area contributed by atoms with Crippen molar-refractivity contribution < 1.29 is 9.31 Å². The molecule has 5 heteroatoms. The number of fused-ring (bicyclic) bond motifs is 3. The predicted molar refractivity (Wildman–Crippen MR) is 140 cm³/mol. The summed E-state index contributed by atoms with van der Waals surface area (Å²) in [6.07, 6.45) is 3.72. The fourth-order valence-electron chi connectivity index (χ4n) is 4.73. The minimum absolute atomic E-state index is 0.372. The van der Waals surface area contributed by atoms with Gasteiger partial charge in [0.1, 0.15) is 0 Å². The zero-order valence-electron chi connectivity index (χ0n) is 19.9. The van der Waals surface area contributed by atoms with Gasteiger partial charge in [0.25, 0.3) is 0 Å². The molecule has 0 atom stereocenters. The quantitative estimate of drug-likeness (QED) is 0.312. The van der Waals surface area contributed by atoms with Crippen molar-refractivity contribution in [3.63, 3.8) is 0 Å². The molecule has 0 aliphatic carbocycles. The zero-order chi connectivity index (χ0) is 23.5. The molecule has 34 heavy (non-hydrogen) atoms. The van der Waals surface area contributed by atoms with Crippen LogP contribution in [0.25, 0.3) is 38.6 Å². The van der Waals surface area contributed by atoms with Gasteiger partial charge in [-0.3, -0.25) is 4.98 Å². The van der Waals surface area contributed by atoms with Crippen molar-refractivity contribution in [2.75, 3.05) is 0 Å². The Bertz CT molecular complexity index is 1490. The van der Waals surface area contributed by atoms with Crippen LogP contribution in [0.3, 0.4) is 0 Å². The van der Waals surface area contributed by atoms with Crippen molar-refractivity contribution in [2.45, 2.75) is 38.9 Å². The molecule has 0 spiro atoms. The normalized spacial score (nSPS) is 17.0. The van der Waals surface area contributed by atoms with Crippen molar-refractivity contribution in [3.8, 4) is 16.8 Å². The highest BCUT2D eigenvalue weighted by Gasteiger charge is 2.51. The van der Waals surface area contributed by atoms with Gasteiger partial charge in [-0.25, -0.2) is 0 Å². The van der Waals surface area contributed by atoms with Crippen LogP contribution in [0.15, 0.2) is 91.3 Å². The van der Waals surface area contributed by atoms with E-state index in [0.29, 0.717) is 0 Å². The lowest BCUT2D eigenvalue weighted by molar-refractivity contribution is 0.00578. The summed E-state index contributed by atoms with van der Waals surface area (Å²) in [6.45, 7) is 8.36. The van der Waals surface area contributed by atoms with Gasteiger partial charge in [-0.15, -0.1) is 0 Å². The second kappa shape index (κ2) is 7.56. The average Bonchev–Trinajstić information content (AvgIpc) is 3.28. The lowest BCUT2D eigenvalue weighted by Gasteiger charge is -2.32. The number of para-hydroxylation sites is 1. The Morgan fingerprint density at radius 2 is 1.47 bits per heavy atom. The molecule has 3 heterocycles. The first-order valence-electron chi connectivity index (χ1n) is 11.7. The molecule has 1 aliphatic rings. The molecule has 0 amide bonds. The summed E-state index contributed by atoms with van der Waals surface area (Å²) in [5, 5.41) is 2.38. The molecular weight excluding hydrogens is 419 g/mol. The third kappa shape index (κ3) is 3.27. The minimum Gasteiger partial charge on any atom is -0.399 e. The Morgan fingerprint density at radius 1 is 0.706 bits per heavy atom. The Morgan fingerprint density at radius 3 is 2.18 bits per heavy atom. The molecule has 3 aromatic carbocycles. The second-order valence-corrected chi connectivity index (χ2v) is 10.0. The highest BCUT2D eigenvalue weighted by molar-refractivity contribution is 6.62. The molecule has 5 aromatic rings. The fourth-order valence-corrected chi connectivity index (χ4v) is 4.73. The van der Waals surface area contributed by atoms with E-state index in [2.05, 4.69) is 110 Å². The van der Waals surface area contributed by atoms with E-state index in [0.717, 1.165) is 33.3 Å². The molecule has 4 nitrogen and oxygen atoms in total. The van der Waals surface area contributed by atoms with E-state index >= 15 is 0 Å². The van der Waals surface area contributed by atoms with Gasteiger partial charge in [0, 0.05) is 34.4 Å². The van der Waals surface area contributed by atoms with E-state index in [1.807, 2.05) is 12.3 Å². The number of benzene rings is 3. The van der Waals surface area contributed by atoms with Gasteiger partial charge >= 0.3 is 7.12 Å². The maximum atomic E-state index is 6.34. The Labute approximate surface area is 200 Å². The molecule has 2 aromatic heterocycles. The number of hydrogen-bond acceptors (Lipinski definition) is 3. The van der Waals surface area contributed by atoms with Gasteiger partial charge in [0.2, 0.25) is 0 Å². The van der Waals surface area contributed by atoms with Gasteiger partial charge in [-0.05, 0) is 69.1 Å². The molecule has 0 saturated carbocycles. The van der Waals surface area contributed by atoms with Crippen molar-refractivity contribution >= 4 is 34.4 Å². The van der Waals surface area contributed by atoms with Crippen molar-refractivity contribution in [1.82, 2.24) is 9.55 Å². The maximum absolute atomic E-state index is 6.34. The molecular formula is C29H27BN2O2. The van der Waals surface area contributed by atoms with E-state index in [9.17, 15) is 0 Å². The number of pyridine rings is 1. The molecule has 0 radical (unpaired) electrons. The van der Waals surface area contributed by atoms with Crippen molar-refractivity contribution in [3.05, 3.63) is 91.3 Å². The Hall–Kier alpha value is -3.41. The van der Waals surface area contributed by atoms with Crippen LogP contribution < -0.4 is 5.46 Å². The van der Waals surface area contributed by atoms with Crippen LogP contribution in [0.1, 0.15) is 27.7 Å². The summed E-state index contributed by atoms with van der Waals surface area (Å²) in [4.78, 5) is 4.31. The molecule has 1 saturated heterocycles. The van der Waals surface area contributed by atoms with Crippen LogP contribution in [0, 0.1) is 0 Å². The summed E-state index contributed by atoms with van der Waals surface area (Å²) in [5.74, 6) is 0. The van der Waals surface area contributed by atoms with E-state index < -0.39 is 0 Å². The number of hydrogen-bond donors (Lipinski definition) is 0. The lowest BCUT2D eigenvalue weighted by atomic mass is 9.78. The van der Waals surface area contributed by atoms with E-state index in [1.165, 1.54) is 10.8 Å². The molecule has 0 bridgehead atoms. The third-order valence-electron chi connectivity index (χ3n) is 7.32. The van der Waals surface area contributed by atoms with E-state index in [4.69, 9.17) is 9.31 Å². The topological polar surface area (TPSA) is 36.3 Å². The maximum Gasteiger partial charge on any atom is 0.494 e. The molecule has 1 aliphatic heterocycles. The average molecular weight is 446 g/mol. The lowest BCUT2D eigenvalue weighted by Crippen LogP contribution is -2.41. The summed E-state index contributed by atoms with van der Waals surface area (Å²) >= 11 is 0. The second-order valence-electron chi connectivity index (χ2n) is 10.0. The SMILES string of the molecule is CC1(C)OB(c2ccc3c(c2)c2ccc(-c4cccnc4)cc2n3-c2ccccc2)OC1(C)C. The summed E-state index contributed by atoms with van der Waals surface area (Å²) in [6, 6.07) is 27.8. The van der Waals surface area contributed by atoms with Crippen LogP contribution in [-0.2, 0) is 9.31 Å². The minimum atomic E-state index is -0.390.